The molecule has 7 heteroatoms. The molecular weight excluding hydrogens is 250 g/mol. The van der Waals surface area contributed by atoms with Crippen LogP contribution in [0.1, 0.15) is 13.8 Å². The van der Waals surface area contributed by atoms with Crippen molar-refractivity contribution in [2.24, 2.45) is 0 Å². The molecule has 0 spiro atoms. The van der Waals surface area contributed by atoms with Gasteiger partial charge >= 0.3 is 27.1 Å². The number of ketones is 1. The van der Waals surface area contributed by atoms with Crippen molar-refractivity contribution >= 4 is 14.0 Å². The van der Waals surface area contributed by atoms with Gasteiger partial charge in [0.25, 0.3) is 0 Å². The van der Waals surface area contributed by atoms with Crippen molar-refractivity contribution in [3.63, 3.8) is 0 Å². The van der Waals surface area contributed by atoms with Crippen LogP contribution in [0, 0.1) is 0 Å². The summed E-state index contributed by atoms with van der Waals surface area (Å²) in [5.74, 6) is 0.0953. The third kappa shape index (κ3) is 5.77. The Kier molecular flexibility index (Phi) is 7.38. The predicted octanol–water partition coefficient (Wildman–Crippen LogP) is -1.55. The van der Waals surface area contributed by atoms with E-state index < -0.39 is 26.2 Å². The van der Waals surface area contributed by atoms with Gasteiger partial charge in [0, 0.05) is 0 Å². The Balaban J connectivity index is 0.00000289. The standard InChI is InChI=1S/C11H13O5P.Li/c1-11(2,10(12)8-15-17(13)14)16-9-6-4-3-5-7-9;/h3-7H,8H2,1-2H3;/q;+1. The topological polar surface area (TPSA) is 75.7 Å². The summed E-state index contributed by atoms with van der Waals surface area (Å²) in [7, 11) is -3.02. The van der Waals surface area contributed by atoms with Crippen molar-refractivity contribution in [3.8, 4) is 5.75 Å². The van der Waals surface area contributed by atoms with Gasteiger partial charge in [-0.15, -0.1) is 4.52 Å². The van der Waals surface area contributed by atoms with Crippen molar-refractivity contribution < 1.29 is 42.4 Å². The number of hydrogen-bond donors (Lipinski definition) is 0. The number of para-hydroxylation sites is 1. The average molecular weight is 263 g/mol. The molecule has 0 amide bonds. The summed E-state index contributed by atoms with van der Waals surface area (Å²) in [6.45, 7) is 2.60. The van der Waals surface area contributed by atoms with Gasteiger partial charge in [-0.3, -0.25) is 4.79 Å². The van der Waals surface area contributed by atoms with Crippen LogP contribution in [0.25, 0.3) is 0 Å². The number of carbonyl (C=O) groups is 1. The SMILES string of the molecule is CC(C)(Oc1ccccc1)C(=O)CO[P+](=O)[O-].[Li+]. The van der Waals surface area contributed by atoms with Crippen molar-refractivity contribution in [2.75, 3.05) is 6.61 Å². The normalized spacial score (nSPS) is 11.4. The van der Waals surface area contributed by atoms with E-state index in [-0.39, 0.29) is 18.9 Å². The van der Waals surface area contributed by atoms with Crippen LogP contribution in [0.4, 0.5) is 0 Å². The monoisotopic (exact) mass is 263 g/mol. The molecule has 0 saturated carbocycles. The maximum absolute atomic E-state index is 11.7. The van der Waals surface area contributed by atoms with Crippen molar-refractivity contribution in [1.29, 1.82) is 0 Å². The van der Waals surface area contributed by atoms with Gasteiger partial charge in [-0.05, 0) is 30.5 Å². The number of benzene rings is 1. The summed E-state index contributed by atoms with van der Waals surface area (Å²) in [6.07, 6.45) is 0. The van der Waals surface area contributed by atoms with Crippen LogP contribution in [0.2, 0.25) is 0 Å². The van der Waals surface area contributed by atoms with Gasteiger partial charge in [0.05, 0.1) is 0 Å². The molecule has 0 aliphatic carbocycles. The molecule has 1 aromatic carbocycles. The summed E-state index contributed by atoms with van der Waals surface area (Å²) in [4.78, 5) is 21.9. The molecule has 0 aliphatic heterocycles. The minimum Gasteiger partial charge on any atom is -0.566 e. The average Bonchev–Trinajstić information content (AvgIpc) is 2.26. The molecule has 0 heterocycles. The Labute approximate surface area is 119 Å². The van der Waals surface area contributed by atoms with Gasteiger partial charge in [0.2, 0.25) is 5.78 Å². The zero-order valence-electron chi connectivity index (χ0n) is 10.6. The first-order valence-electron chi connectivity index (χ1n) is 4.96. The summed E-state index contributed by atoms with van der Waals surface area (Å²) in [5, 5.41) is 0. The van der Waals surface area contributed by atoms with Crippen LogP contribution >= 0.6 is 8.25 Å². The Bertz CT molecular complexity index is 407. The smallest absolute Gasteiger partial charge is 0.566 e. The third-order valence-corrected chi connectivity index (χ3v) is 2.43. The first kappa shape index (κ1) is 17.3. The van der Waals surface area contributed by atoms with Gasteiger partial charge in [0.15, 0.2) is 12.2 Å². The number of hydrogen-bond acceptors (Lipinski definition) is 5. The molecule has 0 aliphatic rings. The quantitative estimate of drug-likeness (QED) is 0.459. The van der Waals surface area contributed by atoms with Crippen molar-refractivity contribution in [2.45, 2.75) is 19.4 Å². The molecule has 5 nitrogen and oxygen atoms in total. The second-order valence-electron chi connectivity index (χ2n) is 3.85. The second kappa shape index (κ2) is 7.68. The number of carbonyl (C=O) groups excluding carboxylic acids is 1. The summed E-state index contributed by atoms with van der Waals surface area (Å²) < 4.78 is 19.9. The van der Waals surface area contributed by atoms with Gasteiger partial charge in [0.1, 0.15) is 5.75 Å². The van der Waals surface area contributed by atoms with Gasteiger partial charge in [-0.25, -0.2) is 0 Å². The molecule has 0 radical (unpaired) electrons. The summed E-state index contributed by atoms with van der Waals surface area (Å²) in [6, 6.07) is 8.81. The molecule has 1 rings (SSSR count). The molecule has 0 bridgehead atoms. The van der Waals surface area contributed by atoms with Gasteiger partial charge < -0.3 is 9.63 Å². The van der Waals surface area contributed by atoms with E-state index in [4.69, 9.17) is 4.74 Å². The first-order chi connectivity index (χ1) is 7.92. The molecule has 0 N–H and O–H groups in total. The molecule has 1 atom stereocenters. The number of ether oxygens (including phenoxy) is 1. The van der Waals surface area contributed by atoms with Gasteiger partial charge in [-0.1, -0.05) is 18.2 Å². The minimum atomic E-state index is -3.02. The van der Waals surface area contributed by atoms with Crippen LogP contribution in [0.3, 0.4) is 0 Å². The van der Waals surface area contributed by atoms with Crippen LogP contribution < -0.4 is 28.5 Å². The van der Waals surface area contributed by atoms with E-state index in [0.717, 1.165) is 0 Å². The van der Waals surface area contributed by atoms with Gasteiger partial charge in [-0.2, -0.15) is 0 Å². The van der Waals surface area contributed by atoms with E-state index >= 15 is 0 Å². The van der Waals surface area contributed by atoms with E-state index in [1.165, 1.54) is 0 Å². The Morgan fingerprint density at radius 2 is 1.89 bits per heavy atom. The molecule has 0 fully saturated rings. The Morgan fingerprint density at radius 1 is 1.33 bits per heavy atom. The molecule has 0 aromatic heterocycles. The fourth-order valence-electron chi connectivity index (χ4n) is 1.13. The fourth-order valence-corrected chi connectivity index (χ4v) is 1.35. The predicted molar refractivity (Wildman–Crippen MR) is 59.7 cm³/mol. The number of Topliss-reactive ketones (excluding diaryl/α,β-unsaturated/α-hetero) is 1. The summed E-state index contributed by atoms with van der Waals surface area (Å²) >= 11 is 0. The molecule has 92 valence electrons. The maximum Gasteiger partial charge on any atom is 1.00 e. The van der Waals surface area contributed by atoms with E-state index in [1.807, 2.05) is 6.07 Å². The Morgan fingerprint density at radius 3 is 2.39 bits per heavy atom. The molecule has 18 heavy (non-hydrogen) atoms. The number of rotatable bonds is 6. The molecule has 1 unspecified atom stereocenters. The third-order valence-electron chi connectivity index (χ3n) is 2.09. The van der Waals surface area contributed by atoms with E-state index in [9.17, 15) is 14.3 Å². The van der Waals surface area contributed by atoms with Crippen molar-refractivity contribution in [3.05, 3.63) is 30.3 Å². The molecule has 1 aromatic rings. The first-order valence-corrected chi connectivity index (χ1v) is 6.06. The molecular formula is C11H13LiO5P+. The Hall–Kier alpha value is -0.693. The van der Waals surface area contributed by atoms with Crippen LogP contribution in [-0.2, 0) is 13.9 Å². The fraction of sp³-hybridized carbons (Fsp3) is 0.364. The van der Waals surface area contributed by atoms with Crippen LogP contribution in [0.5, 0.6) is 5.75 Å². The van der Waals surface area contributed by atoms with Crippen LogP contribution in [-0.4, -0.2) is 18.0 Å². The molecule has 0 saturated heterocycles. The zero-order chi connectivity index (χ0) is 12.9. The van der Waals surface area contributed by atoms with Crippen molar-refractivity contribution in [1.82, 2.24) is 0 Å². The van der Waals surface area contributed by atoms with Crippen LogP contribution in [0.15, 0.2) is 30.3 Å². The van der Waals surface area contributed by atoms with E-state index in [0.29, 0.717) is 5.75 Å². The summed E-state index contributed by atoms with van der Waals surface area (Å²) in [5.41, 5.74) is -1.13. The largest absolute Gasteiger partial charge is 1.00 e. The van der Waals surface area contributed by atoms with E-state index in [1.54, 1.807) is 38.1 Å². The maximum atomic E-state index is 11.7. The zero-order valence-corrected chi connectivity index (χ0v) is 11.5. The second-order valence-corrected chi connectivity index (χ2v) is 4.55. The minimum absolute atomic E-state index is 0. The van der Waals surface area contributed by atoms with E-state index in [2.05, 4.69) is 4.52 Å².